The van der Waals surface area contributed by atoms with Crippen LogP contribution in [0.5, 0.6) is 0 Å². The summed E-state index contributed by atoms with van der Waals surface area (Å²) in [6, 6.07) is 9.59. The Balaban J connectivity index is 1.49. The lowest BCUT2D eigenvalue weighted by Gasteiger charge is -1.98. The highest BCUT2D eigenvalue weighted by Crippen LogP contribution is 2.27. The molecule has 0 atom stereocenters. The van der Waals surface area contributed by atoms with Crippen molar-refractivity contribution in [2.24, 2.45) is 0 Å². The molecule has 11 heteroatoms. The van der Waals surface area contributed by atoms with E-state index in [1.54, 1.807) is 16.3 Å². The van der Waals surface area contributed by atoms with Gasteiger partial charge in [0.1, 0.15) is 10.7 Å². The molecule has 0 saturated heterocycles. The van der Waals surface area contributed by atoms with Gasteiger partial charge in [0.2, 0.25) is 5.13 Å². The van der Waals surface area contributed by atoms with E-state index in [1.165, 1.54) is 11.3 Å². The largest absolute Gasteiger partial charge is 0.295 e. The minimum Gasteiger partial charge on any atom is -0.295 e. The summed E-state index contributed by atoms with van der Waals surface area (Å²) in [6.45, 7) is 0. The molecular weight excluding hydrogens is 394 g/mol. The van der Waals surface area contributed by atoms with Crippen LogP contribution in [-0.4, -0.2) is 30.9 Å². The van der Waals surface area contributed by atoms with Crippen LogP contribution >= 0.6 is 22.7 Å². The predicted molar refractivity (Wildman–Crippen MR) is 97.5 cm³/mol. The molecule has 4 aromatic rings. The van der Waals surface area contributed by atoms with Gasteiger partial charge in [-0.25, -0.2) is 18.4 Å². The summed E-state index contributed by atoms with van der Waals surface area (Å²) in [6.07, 6.45) is 0.753. The fourth-order valence-electron chi connectivity index (χ4n) is 2.20. The zero-order valence-electron chi connectivity index (χ0n) is 13.4. The molecule has 3 aromatic heterocycles. The third-order valence-electron chi connectivity index (χ3n) is 3.43. The fraction of sp³-hybridized carbons (Fsp3) is 0.0625. The van der Waals surface area contributed by atoms with Gasteiger partial charge in [-0.05, 0) is 12.1 Å². The number of halogens is 2. The highest BCUT2D eigenvalue weighted by Gasteiger charge is 2.18. The zero-order valence-corrected chi connectivity index (χ0v) is 15.0. The number of hydrogen-bond donors (Lipinski definition) is 1. The number of rotatable bonds is 5. The van der Waals surface area contributed by atoms with Crippen molar-refractivity contribution < 1.29 is 13.6 Å². The van der Waals surface area contributed by atoms with Gasteiger partial charge in [0.05, 0.1) is 11.9 Å². The molecule has 1 aromatic carbocycles. The van der Waals surface area contributed by atoms with Crippen molar-refractivity contribution in [3.8, 4) is 16.3 Å². The van der Waals surface area contributed by atoms with Crippen LogP contribution in [0.25, 0.3) is 16.3 Å². The predicted octanol–water partition coefficient (Wildman–Crippen LogP) is 4.04. The average Bonchev–Trinajstić information content (AvgIpc) is 3.42. The second kappa shape index (κ2) is 7.29. The number of anilines is 1. The topological polar surface area (TPSA) is 85.6 Å². The number of nitrogens with one attached hydrogen (secondary N) is 1. The number of alkyl halides is 2. The van der Waals surface area contributed by atoms with Gasteiger partial charge >= 0.3 is 0 Å². The van der Waals surface area contributed by atoms with Gasteiger partial charge in [-0.1, -0.05) is 29.5 Å². The summed E-state index contributed by atoms with van der Waals surface area (Å²) in [5.41, 5.74) is 1.83. The van der Waals surface area contributed by atoms with Crippen molar-refractivity contribution >= 4 is 33.7 Å². The number of aromatic nitrogens is 5. The fourth-order valence-corrected chi connectivity index (χ4v) is 3.57. The summed E-state index contributed by atoms with van der Waals surface area (Å²) in [5.74, 6) is -0.537. The van der Waals surface area contributed by atoms with E-state index >= 15 is 0 Å². The molecule has 0 bridgehead atoms. The van der Waals surface area contributed by atoms with Crippen molar-refractivity contribution in [1.29, 1.82) is 0 Å². The van der Waals surface area contributed by atoms with Gasteiger partial charge in [0, 0.05) is 17.1 Å². The summed E-state index contributed by atoms with van der Waals surface area (Å²) >= 11 is 1.91. The lowest BCUT2D eigenvalue weighted by atomic mass is 10.3. The van der Waals surface area contributed by atoms with Gasteiger partial charge in [0.25, 0.3) is 12.3 Å². The first kappa shape index (κ1) is 17.4. The lowest BCUT2D eigenvalue weighted by molar-refractivity contribution is 0.102. The number of nitrogens with zero attached hydrogens (tertiary/aromatic N) is 5. The van der Waals surface area contributed by atoms with E-state index in [0.29, 0.717) is 16.3 Å². The molecule has 3 heterocycles. The van der Waals surface area contributed by atoms with Gasteiger partial charge in [-0.3, -0.25) is 10.1 Å². The van der Waals surface area contributed by atoms with Crippen molar-refractivity contribution in [3.05, 3.63) is 58.8 Å². The molecule has 7 nitrogen and oxygen atoms in total. The highest BCUT2D eigenvalue weighted by atomic mass is 32.1. The molecule has 0 saturated carbocycles. The third-order valence-corrected chi connectivity index (χ3v) is 5.17. The van der Waals surface area contributed by atoms with Crippen molar-refractivity contribution in [3.63, 3.8) is 0 Å². The van der Waals surface area contributed by atoms with E-state index < -0.39 is 17.3 Å². The summed E-state index contributed by atoms with van der Waals surface area (Å²) in [4.78, 5) is 16.5. The van der Waals surface area contributed by atoms with Crippen LogP contribution in [0.2, 0.25) is 0 Å². The summed E-state index contributed by atoms with van der Waals surface area (Å²) < 4.78 is 26.8. The van der Waals surface area contributed by atoms with Crippen LogP contribution < -0.4 is 5.32 Å². The summed E-state index contributed by atoms with van der Waals surface area (Å²) in [5, 5.41) is 15.3. The maximum absolute atomic E-state index is 12.5. The van der Waals surface area contributed by atoms with Crippen molar-refractivity contribution in [2.75, 3.05) is 5.32 Å². The lowest BCUT2D eigenvalue weighted by Crippen LogP contribution is -2.12. The quantitative estimate of drug-likeness (QED) is 0.543. The van der Waals surface area contributed by atoms with E-state index in [-0.39, 0.29) is 10.8 Å². The number of carbonyl (C=O) groups excluding carboxylic acids is 1. The third kappa shape index (κ3) is 3.73. The Morgan fingerprint density at radius 2 is 2.00 bits per heavy atom. The maximum Gasteiger partial charge on any atom is 0.291 e. The van der Waals surface area contributed by atoms with Crippen molar-refractivity contribution in [1.82, 2.24) is 25.0 Å². The van der Waals surface area contributed by atoms with Crippen LogP contribution in [0.15, 0.2) is 48.1 Å². The average molecular weight is 404 g/mol. The van der Waals surface area contributed by atoms with Crippen molar-refractivity contribution in [2.45, 2.75) is 6.43 Å². The van der Waals surface area contributed by atoms with Gasteiger partial charge in [-0.15, -0.1) is 21.5 Å². The molecule has 4 rings (SSSR count). The second-order valence-corrected chi connectivity index (χ2v) is 7.11. The van der Waals surface area contributed by atoms with Crippen LogP contribution in [0.3, 0.4) is 0 Å². The van der Waals surface area contributed by atoms with E-state index in [4.69, 9.17) is 0 Å². The number of hydrogen-bond acceptors (Lipinski definition) is 7. The molecule has 0 spiro atoms. The Morgan fingerprint density at radius 3 is 2.74 bits per heavy atom. The van der Waals surface area contributed by atoms with E-state index in [1.807, 2.05) is 36.5 Å². The highest BCUT2D eigenvalue weighted by molar-refractivity contribution is 7.15. The van der Waals surface area contributed by atoms with Gasteiger partial charge < -0.3 is 0 Å². The molecular formula is C16H10F2N6OS2. The van der Waals surface area contributed by atoms with Crippen LogP contribution in [0.1, 0.15) is 21.9 Å². The smallest absolute Gasteiger partial charge is 0.291 e. The zero-order chi connectivity index (χ0) is 18.8. The molecule has 27 heavy (non-hydrogen) atoms. The number of para-hydroxylation sites is 1. The van der Waals surface area contributed by atoms with E-state index in [0.717, 1.165) is 11.3 Å². The first-order valence-electron chi connectivity index (χ1n) is 7.59. The molecule has 0 aliphatic rings. The Kier molecular flexibility index (Phi) is 4.69. The monoisotopic (exact) mass is 404 g/mol. The first-order valence-corrected chi connectivity index (χ1v) is 9.28. The van der Waals surface area contributed by atoms with Crippen LogP contribution in [-0.2, 0) is 0 Å². The Hall–Kier alpha value is -3.05. The molecule has 1 amide bonds. The van der Waals surface area contributed by atoms with Gasteiger partial charge in [-0.2, -0.15) is 5.10 Å². The van der Waals surface area contributed by atoms with Gasteiger partial charge in [0.15, 0.2) is 5.01 Å². The number of benzene rings is 1. The van der Waals surface area contributed by atoms with Crippen LogP contribution in [0, 0.1) is 0 Å². The SMILES string of the molecule is O=C(Nc1nnc(C(F)F)s1)c1csc(-c2cnn(-c3ccccc3)c2)n1. The molecule has 0 fully saturated rings. The molecule has 0 radical (unpaired) electrons. The Morgan fingerprint density at radius 1 is 1.19 bits per heavy atom. The molecule has 0 aliphatic carbocycles. The molecule has 0 aliphatic heterocycles. The number of thiazole rings is 1. The van der Waals surface area contributed by atoms with Crippen LogP contribution in [0.4, 0.5) is 13.9 Å². The first-order chi connectivity index (χ1) is 13.1. The molecule has 136 valence electrons. The Bertz CT molecular complexity index is 1080. The van der Waals surface area contributed by atoms with E-state index in [2.05, 4.69) is 25.6 Å². The number of carbonyl (C=O) groups is 1. The molecule has 1 N–H and O–H groups in total. The minimum atomic E-state index is -2.72. The summed E-state index contributed by atoms with van der Waals surface area (Å²) in [7, 11) is 0. The molecule has 0 unspecified atom stereocenters. The standard InChI is InChI=1S/C16H10F2N6OS2/c17-12(18)15-22-23-16(27-15)21-13(25)11-8-26-14(20-11)9-6-19-24(7-9)10-4-2-1-3-5-10/h1-8,12H,(H,21,23,25). The Labute approximate surface area is 159 Å². The van der Waals surface area contributed by atoms with E-state index in [9.17, 15) is 13.6 Å². The second-order valence-electron chi connectivity index (χ2n) is 5.25. The maximum atomic E-state index is 12.5. The number of amides is 1. The minimum absolute atomic E-state index is 0.00162. The normalized spacial score (nSPS) is 11.1.